The number of benzene rings is 1. The summed E-state index contributed by atoms with van der Waals surface area (Å²) in [4.78, 5) is 28.5. The Hall–Kier alpha value is -1.10. The van der Waals surface area contributed by atoms with E-state index in [1.165, 1.54) is 12.1 Å². The Labute approximate surface area is 109 Å². The Bertz CT molecular complexity index is 522. The molecule has 0 amide bonds. The van der Waals surface area contributed by atoms with E-state index in [-0.39, 0.29) is 5.92 Å². The predicted octanol–water partition coefficient (Wildman–Crippen LogP) is 2.65. The highest BCUT2D eigenvalue weighted by molar-refractivity contribution is 7.52. The third-order valence-corrected chi connectivity index (χ3v) is 3.31. The summed E-state index contributed by atoms with van der Waals surface area (Å²) in [5.41, 5.74) is 0.0818. The zero-order chi connectivity index (χ0) is 14.8. The summed E-state index contributed by atoms with van der Waals surface area (Å²) in [7, 11) is -4.80. The van der Waals surface area contributed by atoms with Crippen LogP contribution in [0.3, 0.4) is 0 Å². The van der Waals surface area contributed by atoms with Gasteiger partial charge in [-0.05, 0) is 17.5 Å². The summed E-state index contributed by atoms with van der Waals surface area (Å²) in [6, 6.07) is 5.30. The highest BCUT2D eigenvalue weighted by Crippen LogP contribution is 2.39. The first-order valence-electron chi connectivity index (χ1n) is 5.60. The van der Waals surface area contributed by atoms with E-state index >= 15 is 0 Å². The number of carbonyl (C=O) groups excluding carboxylic acids is 1. The van der Waals surface area contributed by atoms with E-state index in [9.17, 15) is 18.1 Å². The van der Waals surface area contributed by atoms with Gasteiger partial charge in [-0.1, -0.05) is 32.0 Å². The highest BCUT2D eigenvalue weighted by Gasteiger charge is 2.43. The second-order valence-electron chi connectivity index (χ2n) is 4.60. The van der Waals surface area contributed by atoms with Gasteiger partial charge in [0.15, 0.2) is 0 Å². The number of Topliss-reactive ketones (excluding diaryl/α,β-unsaturated/α-hetero) is 1. The number of alkyl halides is 2. The molecular weight excluding hydrogens is 277 g/mol. The van der Waals surface area contributed by atoms with Gasteiger partial charge in [-0.25, -0.2) is 0 Å². The van der Waals surface area contributed by atoms with E-state index < -0.39 is 31.0 Å². The number of hydrogen-bond donors (Lipinski definition) is 2. The van der Waals surface area contributed by atoms with E-state index in [2.05, 4.69) is 0 Å². The zero-order valence-corrected chi connectivity index (χ0v) is 11.4. The number of hydrogen-bond acceptors (Lipinski definition) is 2. The topological polar surface area (TPSA) is 74.6 Å². The van der Waals surface area contributed by atoms with E-state index in [1.54, 1.807) is 6.07 Å². The molecule has 0 bridgehead atoms. The lowest BCUT2D eigenvalue weighted by Crippen LogP contribution is -2.29. The van der Waals surface area contributed by atoms with E-state index in [0.717, 1.165) is 6.07 Å². The van der Waals surface area contributed by atoms with Crippen LogP contribution in [0.25, 0.3) is 0 Å². The molecule has 0 aromatic heterocycles. The number of carbonyl (C=O) groups is 1. The minimum atomic E-state index is -4.80. The molecule has 7 heteroatoms. The normalized spacial score (nSPS) is 12.8. The lowest BCUT2D eigenvalue weighted by Gasteiger charge is -2.17. The summed E-state index contributed by atoms with van der Waals surface area (Å²) in [6.07, 6.45) is -1.47. The van der Waals surface area contributed by atoms with Crippen molar-refractivity contribution in [2.24, 2.45) is 0 Å². The molecule has 0 fully saturated rings. The molecule has 0 aliphatic carbocycles. The van der Waals surface area contributed by atoms with Gasteiger partial charge in [0, 0.05) is 5.56 Å². The molecule has 106 valence electrons. The molecule has 0 spiro atoms. The number of rotatable bonds is 5. The quantitative estimate of drug-likeness (QED) is 0.818. The first kappa shape index (κ1) is 16.0. The highest BCUT2D eigenvalue weighted by atomic mass is 31.2. The van der Waals surface area contributed by atoms with Gasteiger partial charge in [0.05, 0.1) is 0 Å². The van der Waals surface area contributed by atoms with Crippen molar-refractivity contribution in [2.75, 3.05) is 6.16 Å². The molecule has 0 saturated heterocycles. The average molecular weight is 292 g/mol. The molecule has 0 radical (unpaired) electrons. The summed E-state index contributed by atoms with van der Waals surface area (Å²) < 4.78 is 38.3. The van der Waals surface area contributed by atoms with Crippen LogP contribution >= 0.6 is 7.60 Å². The zero-order valence-electron chi connectivity index (χ0n) is 10.5. The van der Waals surface area contributed by atoms with Gasteiger partial charge in [-0.3, -0.25) is 9.36 Å². The Morgan fingerprint density at radius 1 is 1.37 bits per heavy atom. The van der Waals surface area contributed by atoms with Crippen LogP contribution < -0.4 is 0 Å². The van der Waals surface area contributed by atoms with Crippen molar-refractivity contribution in [3.8, 4) is 0 Å². The fourth-order valence-electron chi connectivity index (χ4n) is 1.54. The Balaban J connectivity index is 3.09. The van der Waals surface area contributed by atoms with Crippen LogP contribution in [0, 0.1) is 0 Å². The molecule has 0 aliphatic heterocycles. The largest absolute Gasteiger partial charge is 0.333 e. The smallest absolute Gasteiger partial charge is 0.324 e. The van der Waals surface area contributed by atoms with Crippen LogP contribution in [0.2, 0.25) is 0 Å². The molecular formula is C12H15F2O4P. The van der Waals surface area contributed by atoms with E-state index in [1.807, 2.05) is 13.8 Å². The van der Waals surface area contributed by atoms with Crippen LogP contribution in [-0.4, -0.2) is 21.7 Å². The first-order valence-corrected chi connectivity index (χ1v) is 7.40. The molecule has 1 aromatic carbocycles. The maximum atomic E-state index is 13.8. The van der Waals surface area contributed by atoms with Crippen molar-refractivity contribution in [3.05, 3.63) is 35.4 Å². The van der Waals surface area contributed by atoms with Crippen molar-refractivity contribution in [3.63, 3.8) is 0 Å². The minimum absolute atomic E-state index is 0.00707. The SMILES string of the molecule is CC(C)c1cccc(C(F)(F)C(=O)CP(=O)(O)O)c1. The standard InChI is InChI=1S/C12H15F2O4P/c1-8(2)9-4-3-5-10(6-9)12(13,14)11(15)7-19(16,17)18/h3-6,8H,7H2,1-2H3,(H2,16,17,18). The van der Waals surface area contributed by atoms with Crippen LogP contribution in [0.5, 0.6) is 0 Å². The summed E-state index contributed by atoms with van der Waals surface area (Å²) in [5, 5.41) is 0. The number of ketones is 1. The molecule has 4 nitrogen and oxygen atoms in total. The third-order valence-electron chi connectivity index (χ3n) is 2.62. The van der Waals surface area contributed by atoms with Gasteiger partial charge in [-0.15, -0.1) is 0 Å². The minimum Gasteiger partial charge on any atom is -0.324 e. The summed E-state index contributed by atoms with van der Waals surface area (Å²) >= 11 is 0. The molecule has 2 N–H and O–H groups in total. The van der Waals surface area contributed by atoms with Gasteiger partial charge in [-0.2, -0.15) is 8.78 Å². The van der Waals surface area contributed by atoms with Crippen LogP contribution in [-0.2, 0) is 15.3 Å². The second-order valence-corrected chi connectivity index (χ2v) is 6.25. The molecule has 0 heterocycles. The lowest BCUT2D eigenvalue weighted by molar-refractivity contribution is -0.141. The van der Waals surface area contributed by atoms with Crippen LogP contribution in [0.1, 0.15) is 30.9 Å². The van der Waals surface area contributed by atoms with Gasteiger partial charge >= 0.3 is 13.5 Å². The second kappa shape index (κ2) is 5.49. The van der Waals surface area contributed by atoms with Crippen LogP contribution in [0.4, 0.5) is 8.78 Å². The molecule has 1 aromatic rings. The van der Waals surface area contributed by atoms with Crippen molar-refractivity contribution in [1.82, 2.24) is 0 Å². The molecule has 1 rings (SSSR count). The average Bonchev–Trinajstić information content (AvgIpc) is 2.26. The van der Waals surface area contributed by atoms with Crippen LogP contribution in [0.15, 0.2) is 24.3 Å². The van der Waals surface area contributed by atoms with Crippen molar-refractivity contribution < 1.29 is 27.9 Å². The summed E-state index contributed by atoms with van der Waals surface area (Å²) in [6.45, 7) is 3.63. The maximum absolute atomic E-state index is 13.8. The predicted molar refractivity (Wildman–Crippen MR) is 66.3 cm³/mol. The van der Waals surface area contributed by atoms with Crippen molar-refractivity contribution in [2.45, 2.75) is 25.7 Å². The van der Waals surface area contributed by atoms with Gasteiger partial charge < -0.3 is 9.79 Å². The lowest BCUT2D eigenvalue weighted by atomic mass is 9.97. The van der Waals surface area contributed by atoms with Gasteiger partial charge in [0.25, 0.3) is 0 Å². The molecule has 0 atom stereocenters. The number of halogens is 2. The van der Waals surface area contributed by atoms with Gasteiger partial charge in [0.2, 0.25) is 5.78 Å². The molecule has 0 saturated carbocycles. The monoisotopic (exact) mass is 292 g/mol. The van der Waals surface area contributed by atoms with Gasteiger partial charge in [0.1, 0.15) is 6.16 Å². The first-order chi connectivity index (χ1) is 8.54. The maximum Gasteiger partial charge on any atom is 0.333 e. The fourth-order valence-corrected chi connectivity index (χ4v) is 2.11. The Kier molecular flexibility index (Phi) is 4.61. The molecule has 19 heavy (non-hydrogen) atoms. The van der Waals surface area contributed by atoms with Crippen molar-refractivity contribution in [1.29, 1.82) is 0 Å². The fraction of sp³-hybridized carbons (Fsp3) is 0.417. The third kappa shape index (κ3) is 4.20. The molecule has 0 unspecified atom stereocenters. The van der Waals surface area contributed by atoms with E-state index in [0.29, 0.717) is 5.56 Å². The Morgan fingerprint density at radius 3 is 2.42 bits per heavy atom. The molecule has 0 aliphatic rings. The van der Waals surface area contributed by atoms with Crippen molar-refractivity contribution >= 4 is 13.4 Å². The Morgan fingerprint density at radius 2 is 1.95 bits per heavy atom. The van der Waals surface area contributed by atoms with E-state index in [4.69, 9.17) is 9.79 Å². The summed E-state index contributed by atoms with van der Waals surface area (Å²) in [5.74, 6) is -5.67.